The van der Waals surface area contributed by atoms with E-state index in [9.17, 15) is 29.1 Å². The zero-order valence-electron chi connectivity index (χ0n) is 37.7. The molecule has 0 aliphatic carbocycles. The van der Waals surface area contributed by atoms with Crippen LogP contribution in [0.5, 0.6) is 0 Å². The average molecular weight is 931 g/mol. The number of thiocarbonyl (C=S) groups is 1. The summed E-state index contributed by atoms with van der Waals surface area (Å²) in [5, 5.41) is 12.9. The Morgan fingerprint density at radius 3 is 2.00 bits per heavy atom. The SMILES string of the molecule is CC(=O)OCC1OC(CC(=S)NCc2ccc(C3OC(CN4CCC(n5c(=O)[nH]c6ccccc65)CC4)C(C)C(c4ccc(CO)cc4)O3)cc2)C(OC(C)=O)C(OC(C)=O)C1OC(C)=O. The van der Waals surface area contributed by atoms with Crippen molar-refractivity contribution in [2.75, 3.05) is 26.2 Å². The van der Waals surface area contributed by atoms with E-state index in [-0.39, 0.29) is 49.5 Å². The number of aliphatic hydroxyl groups excluding tert-OH is 1. The number of para-hydroxylation sites is 2. The third-order valence-electron chi connectivity index (χ3n) is 12.3. The van der Waals surface area contributed by atoms with E-state index in [1.807, 2.05) is 77.4 Å². The minimum Gasteiger partial charge on any atom is -0.463 e. The van der Waals surface area contributed by atoms with Crippen molar-refractivity contribution in [2.24, 2.45) is 5.92 Å². The summed E-state index contributed by atoms with van der Waals surface area (Å²) >= 11 is 5.73. The Kier molecular flexibility index (Phi) is 16.0. The number of aromatic nitrogens is 2. The zero-order chi connectivity index (χ0) is 47.1. The van der Waals surface area contributed by atoms with E-state index in [0.29, 0.717) is 18.1 Å². The molecule has 17 nitrogen and oxygen atoms in total. The van der Waals surface area contributed by atoms with Crippen LogP contribution in [0.15, 0.2) is 77.6 Å². The summed E-state index contributed by atoms with van der Waals surface area (Å²) in [4.78, 5) is 67.1. The van der Waals surface area contributed by atoms with Gasteiger partial charge in [0.05, 0.1) is 34.8 Å². The van der Waals surface area contributed by atoms with Gasteiger partial charge in [0.15, 0.2) is 24.6 Å². The van der Waals surface area contributed by atoms with Crippen LogP contribution in [-0.4, -0.2) is 111 Å². The summed E-state index contributed by atoms with van der Waals surface area (Å²) in [6.07, 6.45) is -5.30. The Morgan fingerprint density at radius 2 is 1.36 bits per heavy atom. The van der Waals surface area contributed by atoms with E-state index < -0.39 is 60.7 Å². The lowest BCUT2D eigenvalue weighted by Gasteiger charge is -2.44. The lowest BCUT2D eigenvalue weighted by molar-refractivity contribution is -0.276. The molecular weight excluding hydrogens is 873 g/mol. The van der Waals surface area contributed by atoms with Crippen LogP contribution in [-0.2, 0) is 65.5 Å². The number of esters is 4. The first-order valence-corrected chi connectivity index (χ1v) is 22.7. The van der Waals surface area contributed by atoms with Gasteiger partial charge < -0.3 is 53.5 Å². The molecule has 4 aromatic rings. The van der Waals surface area contributed by atoms with Crippen molar-refractivity contribution in [3.05, 3.63) is 106 Å². The number of carbonyl (C=O) groups excluding carboxylic acids is 4. The Hall–Kier alpha value is -5.50. The average Bonchev–Trinajstić information content (AvgIpc) is 3.63. The molecule has 1 aromatic heterocycles. The normalized spacial score (nSPS) is 26.0. The molecular formula is C48H58N4O13S. The highest BCUT2D eigenvalue weighted by Crippen LogP contribution is 2.42. The van der Waals surface area contributed by atoms with Gasteiger partial charge in [-0.1, -0.05) is 79.8 Å². The van der Waals surface area contributed by atoms with Crippen molar-refractivity contribution in [1.29, 1.82) is 0 Å². The lowest BCUT2D eigenvalue weighted by atomic mass is 9.89. The van der Waals surface area contributed by atoms with Crippen molar-refractivity contribution in [1.82, 2.24) is 19.8 Å². The fourth-order valence-electron chi connectivity index (χ4n) is 9.11. The summed E-state index contributed by atoms with van der Waals surface area (Å²) in [5.74, 6) is -2.74. The van der Waals surface area contributed by atoms with Crippen molar-refractivity contribution >= 4 is 52.1 Å². The van der Waals surface area contributed by atoms with Gasteiger partial charge in [0.25, 0.3) is 0 Å². The number of ether oxygens (including phenoxy) is 7. The van der Waals surface area contributed by atoms with Crippen LogP contribution in [0.4, 0.5) is 0 Å². The zero-order valence-corrected chi connectivity index (χ0v) is 38.5. The fourth-order valence-corrected chi connectivity index (χ4v) is 9.35. The first kappa shape index (κ1) is 48.4. The number of aromatic amines is 1. The molecule has 0 radical (unpaired) electrons. The fraction of sp³-hybridized carbons (Fsp3) is 0.500. The van der Waals surface area contributed by atoms with Gasteiger partial charge in [0, 0.05) is 77.8 Å². The first-order chi connectivity index (χ1) is 31.7. The Bertz CT molecular complexity index is 2400. The summed E-state index contributed by atoms with van der Waals surface area (Å²) in [6.45, 7) is 9.10. The molecule has 0 amide bonds. The Labute approximate surface area is 387 Å². The quantitative estimate of drug-likeness (QED) is 0.0825. The molecule has 9 atom stereocenters. The van der Waals surface area contributed by atoms with E-state index in [4.69, 9.17) is 45.4 Å². The predicted molar refractivity (Wildman–Crippen MR) is 243 cm³/mol. The highest BCUT2D eigenvalue weighted by atomic mass is 32.1. The smallest absolute Gasteiger partial charge is 0.326 e. The summed E-state index contributed by atoms with van der Waals surface area (Å²) in [6, 6.07) is 23.5. The minimum absolute atomic E-state index is 0.00963. The maximum Gasteiger partial charge on any atom is 0.326 e. The van der Waals surface area contributed by atoms with E-state index in [0.717, 1.165) is 59.2 Å². The molecule has 3 aliphatic rings. The first-order valence-electron chi connectivity index (χ1n) is 22.3. The molecule has 0 saturated carbocycles. The number of likely N-dealkylation sites (tertiary alicyclic amines) is 1. The molecule has 66 heavy (non-hydrogen) atoms. The van der Waals surface area contributed by atoms with E-state index in [2.05, 4.69) is 22.1 Å². The van der Waals surface area contributed by atoms with Crippen LogP contribution in [0.3, 0.4) is 0 Å². The number of rotatable bonds is 15. The maximum absolute atomic E-state index is 13.0. The molecule has 354 valence electrons. The molecule has 7 rings (SSSR count). The second kappa shape index (κ2) is 21.9. The molecule has 18 heteroatoms. The van der Waals surface area contributed by atoms with Crippen LogP contribution in [0.1, 0.15) is 94.6 Å². The predicted octanol–water partition coefficient (Wildman–Crippen LogP) is 4.88. The van der Waals surface area contributed by atoms with Crippen molar-refractivity contribution in [3.63, 3.8) is 0 Å². The standard InChI is InChI=1S/C48H58N4O13S/c1-27-40(24-51-20-18-36(19-21-51)52-38-9-7-6-8-37(38)50-48(52)58)64-47(65-43(27)34-14-12-33(25-53)13-15-34)35-16-10-32(11-17-35)23-49-42(66)22-39-44(60-29(3)55)46(62-31(5)57)45(61-30(4)56)41(63-39)26-59-28(2)54/h6-17,27,36,39-41,43-47,53H,18-26H2,1-5H3,(H,49,66)(H,50,58). The van der Waals surface area contributed by atoms with Gasteiger partial charge in [-0.05, 0) is 41.7 Å². The number of carbonyl (C=O) groups is 4. The molecule has 0 spiro atoms. The highest BCUT2D eigenvalue weighted by molar-refractivity contribution is 7.80. The molecule has 3 saturated heterocycles. The van der Waals surface area contributed by atoms with Crippen LogP contribution >= 0.6 is 12.2 Å². The Morgan fingerprint density at radius 1 is 0.758 bits per heavy atom. The molecule has 3 aliphatic heterocycles. The largest absolute Gasteiger partial charge is 0.463 e. The van der Waals surface area contributed by atoms with E-state index in [1.165, 1.54) is 27.7 Å². The molecule has 4 heterocycles. The van der Waals surface area contributed by atoms with Gasteiger partial charge in [0.1, 0.15) is 18.8 Å². The van der Waals surface area contributed by atoms with Gasteiger partial charge in [-0.2, -0.15) is 0 Å². The number of nitrogens with one attached hydrogen (secondary N) is 2. The molecule has 3 fully saturated rings. The topological polar surface area (TPSA) is 206 Å². The number of fused-ring (bicyclic) bond motifs is 1. The number of imidazole rings is 1. The molecule has 3 aromatic carbocycles. The summed E-state index contributed by atoms with van der Waals surface area (Å²) in [7, 11) is 0. The third-order valence-corrected chi connectivity index (χ3v) is 12.6. The second-order valence-corrected chi connectivity index (χ2v) is 17.6. The van der Waals surface area contributed by atoms with Crippen molar-refractivity contribution in [2.45, 2.75) is 122 Å². The van der Waals surface area contributed by atoms with E-state index >= 15 is 0 Å². The monoisotopic (exact) mass is 930 g/mol. The molecule has 0 bridgehead atoms. The number of piperidine rings is 1. The second-order valence-electron chi connectivity index (χ2n) is 17.1. The minimum atomic E-state index is -1.29. The lowest BCUT2D eigenvalue weighted by Crippen LogP contribution is -2.62. The number of hydrogen-bond acceptors (Lipinski definition) is 15. The van der Waals surface area contributed by atoms with Crippen molar-refractivity contribution < 1.29 is 57.4 Å². The third kappa shape index (κ3) is 11.9. The van der Waals surface area contributed by atoms with Crippen LogP contribution in [0.25, 0.3) is 11.0 Å². The maximum atomic E-state index is 13.0. The van der Waals surface area contributed by atoms with Gasteiger partial charge in [0.2, 0.25) is 0 Å². The van der Waals surface area contributed by atoms with Crippen LogP contribution < -0.4 is 11.0 Å². The number of benzene rings is 3. The highest BCUT2D eigenvalue weighted by Gasteiger charge is 2.52. The Balaban J connectivity index is 1.02. The van der Waals surface area contributed by atoms with Gasteiger partial charge >= 0.3 is 29.6 Å². The van der Waals surface area contributed by atoms with Crippen LogP contribution in [0.2, 0.25) is 0 Å². The number of H-pyrrole nitrogens is 1. The summed E-state index contributed by atoms with van der Waals surface area (Å²) < 4.78 is 43.5. The van der Waals surface area contributed by atoms with Gasteiger partial charge in [-0.15, -0.1) is 0 Å². The number of aliphatic hydroxyl groups is 1. The molecule has 9 unspecified atom stereocenters. The van der Waals surface area contributed by atoms with Gasteiger partial charge in [-0.25, -0.2) is 4.79 Å². The molecule has 3 N–H and O–H groups in total. The summed E-state index contributed by atoms with van der Waals surface area (Å²) in [5.41, 5.74) is 5.19. The van der Waals surface area contributed by atoms with Crippen LogP contribution in [0, 0.1) is 5.92 Å². The number of hydrogen-bond donors (Lipinski definition) is 3. The van der Waals surface area contributed by atoms with E-state index in [1.54, 1.807) is 0 Å². The van der Waals surface area contributed by atoms with Gasteiger partial charge in [-0.3, -0.25) is 23.7 Å². The number of nitrogens with zero attached hydrogens (tertiary/aromatic N) is 2. The van der Waals surface area contributed by atoms with Crippen molar-refractivity contribution in [3.8, 4) is 0 Å².